The van der Waals surface area contributed by atoms with Crippen LogP contribution >= 0.6 is 11.6 Å². The number of alkyl halides is 1. The maximum absolute atomic E-state index is 12.7. The molecule has 0 unspecified atom stereocenters. The van der Waals surface area contributed by atoms with Crippen LogP contribution < -0.4 is 4.74 Å². The monoisotopic (exact) mass is 243 g/mol. The van der Waals surface area contributed by atoms with Gasteiger partial charge in [0.1, 0.15) is 18.5 Å². The molecule has 4 nitrogen and oxygen atoms in total. The predicted octanol–water partition coefficient (Wildman–Crippen LogP) is 2.45. The van der Waals surface area contributed by atoms with E-state index in [1.54, 1.807) is 6.07 Å². The van der Waals surface area contributed by atoms with E-state index >= 15 is 0 Å². The Morgan fingerprint density at radius 3 is 2.94 bits per heavy atom. The van der Waals surface area contributed by atoms with Gasteiger partial charge in [-0.1, -0.05) is 0 Å². The van der Waals surface area contributed by atoms with Crippen LogP contribution in [-0.2, 0) is 4.74 Å². The lowest BCUT2D eigenvalue weighted by atomic mass is 10.2. The molecule has 0 spiro atoms. The van der Waals surface area contributed by atoms with Gasteiger partial charge in [-0.3, -0.25) is 0 Å². The Hall–Kier alpha value is -1.80. The molecule has 0 atom stereocenters. The molecule has 0 saturated carbocycles. The number of nitrogens with zero attached hydrogens (tertiary/aromatic N) is 1. The van der Waals surface area contributed by atoms with Crippen molar-refractivity contribution in [1.29, 1.82) is 5.26 Å². The number of halogens is 2. The van der Waals surface area contributed by atoms with Crippen LogP contribution in [0.4, 0.5) is 9.18 Å². The number of hydrogen-bond donors (Lipinski definition) is 0. The van der Waals surface area contributed by atoms with Gasteiger partial charge in [0.15, 0.2) is 5.75 Å². The summed E-state index contributed by atoms with van der Waals surface area (Å²) in [5.41, 5.74) is -0.0807. The number of benzene rings is 1. The van der Waals surface area contributed by atoms with Gasteiger partial charge in [0.05, 0.1) is 11.4 Å². The van der Waals surface area contributed by atoms with Crippen molar-refractivity contribution in [1.82, 2.24) is 0 Å². The lowest BCUT2D eigenvalue weighted by Crippen LogP contribution is -2.12. The Morgan fingerprint density at radius 1 is 1.56 bits per heavy atom. The average molecular weight is 244 g/mol. The van der Waals surface area contributed by atoms with E-state index in [4.69, 9.17) is 16.9 Å². The van der Waals surface area contributed by atoms with E-state index in [9.17, 15) is 9.18 Å². The quantitative estimate of drug-likeness (QED) is 0.465. The first-order valence-electron chi connectivity index (χ1n) is 4.27. The fourth-order valence-corrected chi connectivity index (χ4v) is 0.997. The van der Waals surface area contributed by atoms with Crippen molar-refractivity contribution in [3.63, 3.8) is 0 Å². The van der Waals surface area contributed by atoms with Gasteiger partial charge in [0.25, 0.3) is 0 Å². The van der Waals surface area contributed by atoms with Crippen LogP contribution in [0.2, 0.25) is 0 Å². The number of nitriles is 1. The molecule has 0 amide bonds. The summed E-state index contributed by atoms with van der Waals surface area (Å²) in [5, 5.41) is 8.66. The summed E-state index contributed by atoms with van der Waals surface area (Å²) < 4.78 is 21.9. The predicted molar refractivity (Wildman–Crippen MR) is 53.8 cm³/mol. The van der Waals surface area contributed by atoms with Crippen molar-refractivity contribution >= 4 is 17.8 Å². The van der Waals surface area contributed by atoms with Gasteiger partial charge < -0.3 is 9.47 Å². The van der Waals surface area contributed by atoms with Gasteiger partial charge >= 0.3 is 6.16 Å². The molecule has 1 aromatic carbocycles. The number of carbonyl (C=O) groups is 1. The molecule has 0 aliphatic carbocycles. The van der Waals surface area contributed by atoms with Crippen molar-refractivity contribution in [3.05, 3.63) is 29.6 Å². The maximum atomic E-state index is 12.7. The lowest BCUT2D eigenvalue weighted by molar-refractivity contribution is 0.105. The molecular formula is C10H7ClFNO3. The molecule has 1 rings (SSSR count). The molecule has 0 bridgehead atoms. The van der Waals surface area contributed by atoms with Gasteiger partial charge in [-0.2, -0.15) is 5.26 Å². The third-order valence-corrected chi connectivity index (χ3v) is 1.71. The number of hydrogen-bond acceptors (Lipinski definition) is 4. The van der Waals surface area contributed by atoms with Crippen molar-refractivity contribution in [2.24, 2.45) is 0 Å². The van der Waals surface area contributed by atoms with E-state index in [1.807, 2.05) is 0 Å². The van der Waals surface area contributed by atoms with Crippen LogP contribution in [-0.4, -0.2) is 18.6 Å². The van der Waals surface area contributed by atoms with Gasteiger partial charge in [0, 0.05) is 0 Å². The Labute approximate surface area is 96.1 Å². The first-order valence-corrected chi connectivity index (χ1v) is 4.81. The summed E-state index contributed by atoms with van der Waals surface area (Å²) >= 11 is 5.29. The van der Waals surface area contributed by atoms with Gasteiger partial charge in [-0.05, 0) is 18.2 Å². The highest BCUT2D eigenvalue weighted by molar-refractivity contribution is 6.18. The second-order valence-corrected chi connectivity index (χ2v) is 3.02. The highest BCUT2D eigenvalue weighted by Crippen LogP contribution is 2.19. The molecule has 0 saturated heterocycles. The van der Waals surface area contributed by atoms with Crippen molar-refractivity contribution < 1.29 is 18.7 Å². The van der Waals surface area contributed by atoms with E-state index in [-0.39, 0.29) is 23.8 Å². The van der Waals surface area contributed by atoms with E-state index < -0.39 is 12.0 Å². The summed E-state index contributed by atoms with van der Waals surface area (Å²) in [6.45, 7) is 0.00344. The van der Waals surface area contributed by atoms with Crippen LogP contribution in [0.3, 0.4) is 0 Å². The molecular weight excluding hydrogens is 237 g/mol. The zero-order valence-electron chi connectivity index (χ0n) is 8.07. The standard InChI is InChI=1S/C10H7ClFNO3/c11-3-4-15-10(14)16-9-2-1-8(12)5-7(9)6-13/h1-2,5H,3-4H2. The van der Waals surface area contributed by atoms with E-state index in [2.05, 4.69) is 9.47 Å². The highest BCUT2D eigenvalue weighted by Gasteiger charge is 2.10. The molecule has 0 heterocycles. The third kappa shape index (κ3) is 3.41. The summed E-state index contributed by atoms with van der Waals surface area (Å²) in [6, 6.07) is 4.91. The molecule has 16 heavy (non-hydrogen) atoms. The Kier molecular flexibility index (Phi) is 4.55. The summed E-state index contributed by atoms with van der Waals surface area (Å²) in [7, 11) is 0. The fourth-order valence-electron chi connectivity index (χ4n) is 0.920. The molecule has 84 valence electrons. The van der Waals surface area contributed by atoms with Gasteiger partial charge in [-0.15, -0.1) is 11.6 Å². The summed E-state index contributed by atoms with van der Waals surface area (Å²) in [5.74, 6) is -0.495. The normalized spacial score (nSPS) is 9.31. The molecule has 6 heteroatoms. The minimum Gasteiger partial charge on any atom is -0.433 e. The van der Waals surface area contributed by atoms with Crippen molar-refractivity contribution in [2.45, 2.75) is 0 Å². The van der Waals surface area contributed by atoms with Crippen LogP contribution in [0, 0.1) is 17.1 Å². The molecule has 0 aliphatic heterocycles. The minimum atomic E-state index is -0.983. The molecule has 0 N–H and O–H groups in total. The van der Waals surface area contributed by atoms with Crippen LogP contribution in [0.15, 0.2) is 18.2 Å². The molecule has 0 aromatic heterocycles. The molecule has 1 aromatic rings. The topological polar surface area (TPSA) is 59.3 Å². The average Bonchev–Trinajstić information content (AvgIpc) is 2.28. The van der Waals surface area contributed by atoms with Crippen LogP contribution in [0.5, 0.6) is 5.75 Å². The summed E-state index contributed by atoms with van der Waals surface area (Å²) in [6.07, 6.45) is -0.983. The first kappa shape index (κ1) is 12.3. The number of ether oxygens (including phenoxy) is 2. The third-order valence-electron chi connectivity index (χ3n) is 1.55. The maximum Gasteiger partial charge on any atom is 0.513 e. The van der Waals surface area contributed by atoms with E-state index in [0.717, 1.165) is 12.1 Å². The smallest absolute Gasteiger partial charge is 0.433 e. The fraction of sp³-hybridized carbons (Fsp3) is 0.200. The Bertz CT molecular complexity index is 431. The van der Waals surface area contributed by atoms with Gasteiger partial charge in [-0.25, -0.2) is 9.18 Å². The zero-order valence-corrected chi connectivity index (χ0v) is 8.83. The Morgan fingerprint density at radius 2 is 2.31 bits per heavy atom. The largest absolute Gasteiger partial charge is 0.513 e. The zero-order chi connectivity index (χ0) is 12.0. The molecule has 0 aliphatic rings. The van der Waals surface area contributed by atoms with Crippen LogP contribution in [0.1, 0.15) is 5.56 Å². The second kappa shape index (κ2) is 5.93. The molecule has 0 radical (unpaired) electrons. The summed E-state index contributed by atoms with van der Waals surface area (Å²) in [4.78, 5) is 11.0. The highest BCUT2D eigenvalue weighted by atomic mass is 35.5. The minimum absolute atomic E-state index is 0.00344. The first-order chi connectivity index (χ1) is 7.67. The SMILES string of the molecule is N#Cc1cc(F)ccc1OC(=O)OCCCl. The lowest BCUT2D eigenvalue weighted by Gasteiger charge is -2.05. The Balaban J connectivity index is 2.74. The van der Waals surface area contributed by atoms with E-state index in [1.165, 1.54) is 6.07 Å². The van der Waals surface area contributed by atoms with Crippen LogP contribution in [0.25, 0.3) is 0 Å². The second-order valence-electron chi connectivity index (χ2n) is 2.64. The number of rotatable bonds is 3. The molecule has 0 fully saturated rings. The number of carbonyl (C=O) groups excluding carboxylic acids is 1. The van der Waals surface area contributed by atoms with Gasteiger partial charge in [0.2, 0.25) is 0 Å². The van der Waals surface area contributed by atoms with Crippen molar-refractivity contribution in [3.8, 4) is 11.8 Å². The van der Waals surface area contributed by atoms with Crippen molar-refractivity contribution in [2.75, 3.05) is 12.5 Å². The van der Waals surface area contributed by atoms with E-state index in [0.29, 0.717) is 0 Å².